The molecule has 0 atom stereocenters. The topological polar surface area (TPSA) is 79.3 Å². The zero-order valence-corrected chi connectivity index (χ0v) is 11.6. The number of aliphatic hydroxyl groups excluding tert-OH is 1. The van der Waals surface area contributed by atoms with Crippen molar-refractivity contribution >= 4 is 11.6 Å². The average Bonchev–Trinajstić information content (AvgIpc) is 3.18. The van der Waals surface area contributed by atoms with E-state index >= 15 is 0 Å². The highest BCUT2D eigenvalue weighted by Gasteiger charge is 2.41. The third kappa shape index (κ3) is 3.78. The lowest BCUT2D eigenvalue weighted by Gasteiger charge is -2.14. The van der Waals surface area contributed by atoms with E-state index in [1.54, 1.807) is 7.11 Å². The number of hydrogen-bond acceptors (Lipinski definition) is 6. The first-order chi connectivity index (χ1) is 9.21. The fourth-order valence-corrected chi connectivity index (χ4v) is 1.90. The number of nitrogens with one attached hydrogen (secondary N) is 2. The van der Waals surface area contributed by atoms with E-state index in [9.17, 15) is 5.11 Å². The minimum atomic E-state index is 0.0602. The number of aliphatic hydroxyl groups is 1. The highest BCUT2D eigenvalue weighted by molar-refractivity contribution is 5.47. The highest BCUT2D eigenvalue weighted by atomic mass is 16.5. The maximum absolute atomic E-state index is 9.31. The number of methoxy groups -OCH3 is 1. The van der Waals surface area contributed by atoms with Gasteiger partial charge >= 0.3 is 0 Å². The lowest BCUT2D eigenvalue weighted by atomic mass is 10.1. The Morgan fingerprint density at radius 1 is 1.32 bits per heavy atom. The minimum Gasteiger partial charge on any atom is -0.396 e. The molecular weight excluding hydrogens is 244 g/mol. The molecule has 106 valence electrons. The molecule has 1 aromatic heterocycles. The van der Waals surface area contributed by atoms with Gasteiger partial charge in [-0.05, 0) is 19.8 Å². The number of hydrogen-bond donors (Lipinski definition) is 3. The summed E-state index contributed by atoms with van der Waals surface area (Å²) in [6.45, 7) is 4.20. The molecule has 0 radical (unpaired) electrons. The lowest BCUT2D eigenvalue weighted by molar-refractivity contribution is 0.178. The summed E-state index contributed by atoms with van der Waals surface area (Å²) in [5.74, 6) is 2.22. The fourth-order valence-electron chi connectivity index (χ4n) is 1.90. The first-order valence-corrected chi connectivity index (χ1v) is 6.67. The Bertz CT molecular complexity index is 397. The molecular formula is C13H22N4O2. The summed E-state index contributed by atoms with van der Waals surface area (Å²) >= 11 is 0. The van der Waals surface area contributed by atoms with Crippen molar-refractivity contribution < 1.29 is 9.84 Å². The van der Waals surface area contributed by atoms with Crippen LogP contribution in [0.2, 0.25) is 0 Å². The Kier molecular flexibility index (Phi) is 4.55. The van der Waals surface area contributed by atoms with Gasteiger partial charge in [-0.25, -0.2) is 9.97 Å². The van der Waals surface area contributed by atoms with Crippen molar-refractivity contribution in [2.24, 2.45) is 5.41 Å². The molecule has 1 aliphatic rings. The van der Waals surface area contributed by atoms with Crippen molar-refractivity contribution in [3.8, 4) is 0 Å². The Morgan fingerprint density at radius 2 is 2.00 bits per heavy atom. The molecule has 1 heterocycles. The molecule has 6 nitrogen and oxygen atoms in total. The van der Waals surface area contributed by atoms with Crippen molar-refractivity contribution in [1.29, 1.82) is 0 Å². The van der Waals surface area contributed by atoms with Gasteiger partial charge < -0.3 is 20.5 Å². The van der Waals surface area contributed by atoms with Crippen LogP contribution in [0, 0.1) is 5.41 Å². The van der Waals surface area contributed by atoms with Crippen LogP contribution in [0.15, 0.2) is 6.07 Å². The smallest absolute Gasteiger partial charge is 0.158 e. The maximum Gasteiger partial charge on any atom is 0.158 e. The second-order valence-electron chi connectivity index (χ2n) is 5.03. The van der Waals surface area contributed by atoms with E-state index in [1.165, 1.54) is 0 Å². The van der Waals surface area contributed by atoms with Crippen molar-refractivity contribution in [1.82, 2.24) is 9.97 Å². The van der Waals surface area contributed by atoms with Gasteiger partial charge in [0.05, 0.1) is 6.61 Å². The molecule has 1 aliphatic carbocycles. The van der Waals surface area contributed by atoms with Crippen LogP contribution in [0.25, 0.3) is 0 Å². The molecule has 0 aromatic carbocycles. The third-order valence-electron chi connectivity index (χ3n) is 3.34. The molecule has 3 N–H and O–H groups in total. The van der Waals surface area contributed by atoms with Crippen LogP contribution >= 0.6 is 0 Å². The predicted molar refractivity (Wildman–Crippen MR) is 74.2 cm³/mol. The van der Waals surface area contributed by atoms with Gasteiger partial charge in [-0.1, -0.05) is 0 Å². The van der Waals surface area contributed by atoms with Gasteiger partial charge in [-0.2, -0.15) is 0 Å². The molecule has 0 unspecified atom stereocenters. The van der Waals surface area contributed by atoms with Crippen LogP contribution in [-0.2, 0) is 11.3 Å². The molecule has 2 rings (SSSR count). The summed E-state index contributed by atoms with van der Waals surface area (Å²) in [6, 6.07) is 1.89. The number of anilines is 2. The summed E-state index contributed by atoms with van der Waals surface area (Å²) in [5, 5.41) is 15.8. The van der Waals surface area contributed by atoms with E-state index in [4.69, 9.17) is 4.74 Å². The Labute approximate surface area is 113 Å². The normalized spacial score (nSPS) is 16.2. The standard InChI is InChI=1S/C13H22N4O2/c1-3-14-10-6-11(17-12(16-10)7-19-2)15-8-13(9-18)4-5-13/h6,18H,3-5,7-9H2,1-2H3,(H2,14,15,16,17). The Balaban J connectivity index is 2.04. The largest absolute Gasteiger partial charge is 0.396 e. The van der Waals surface area contributed by atoms with Crippen molar-refractivity contribution in [3.05, 3.63) is 11.9 Å². The lowest BCUT2D eigenvalue weighted by Crippen LogP contribution is -2.20. The molecule has 1 fully saturated rings. The van der Waals surface area contributed by atoms with Crippen LogP contribution in [0.4, 0.5) is 11.6 Å². The monoisotopic (exact) mass is 266 g/mol. The SMILES string of the molecule is CCNc1cc(NCC2(CO)CC2)nc(COC)n1. The fraction of sp³-hybridized carbons (Fsp3) is 0.692. The van der Waals surface area contributed by atoms with Crippen molar-refractivity contribution in [2.45, 2.75) is 26.4 Å². The van der Waals surface area contributed by atoms with Gasteiger partial charge in [-0.3, -0.25) is 0 Å². The molecule has 6 heteroatoms. The number of ether oxygens (including phenoxy) is 1. The van der Waals surface area contributed by atoms with Gasteiger partial charge in [0.15, 0.2) is 5.82 Å². The molecule has 1 saturated carbocycles. The van der Waals surface area contributed by atoms with Gasteiger partial charge in [0.1, 0.15) is 18.2 Å². The summed E-state index contributed by atoms with van der Waals surface area (Å²) in [5.41, 5.74) is 0.0602. The second-order valence-corrected chi connectivity index (χ2v) is 5.03. The number of nitrogens with zero attached hydrogens (tertiary/aromatic N) is 2. The van der Waals surface area contributed by atoms with Gasteiger partial charge in [0.25, 0.3) is 0 Å². The van der Waals surface area contributed by atoms with E-state index in [2.05, 4.69) is 20.6 Å². The average molecular weight is 266 g/mol. The molecule has 19 heavy (non-hydrogen) atoms. The van der Waals surface area contributed by atoms with E-state index < -0.39 is 0 Å². The first kappa shape index (κ1) is 14.0. The quantitative estimate of drug-likeness (QED) is 0.657. The molecule has 1 aromatic rings. The molecule has 0 bridgehead atoms. The molecule has 0 aliphatic heterocycles. The van der Waals surface area contributed by atoms with E-state index in [-0.39, 0.29) is 12.0 Å². The van der Waals surface area contributed by atoms with E-state index in [0.717, 1.165) is 37.6 Å². The predicted octanol–water partition coefficient (Wildman–Crippen LogP) is 1.24. The second kappa shape index (κ2) is 6.16. The van der Waals surface area contributed by atoms with Crippen LogP contribution in [0.5, 0.6) is 0 Å². The number of rotatable bonds is 8. The van der Waals surface area contributed by atoms with Gasteiger partial charge in [0.2, 0.25) is 0 Å². The zero-order chi connectivity index (χ0) is 13.7. The van der Waals surface area contributed by atoms with Gasteiger partial charge in [0, 0.05) is 31.7 Å². The third-order valence-corrected chi connectivity index (χ3v) is 3.34. The van der Waals surface area contributed by atoms with Crippen LogP contribution in [0.1, 0.15) is 25.6 Å². The molecule has 0 saturated heterocycles. The summed E-state index contributed by atoms with van der Waals surface area (Å²) in [7, 11) is 1.63. The summed E-state index contributed by atoms with van der Waals surface area (Å²) in [6.07, 6.45) is 2.15. The zero-order valence-electron chi connectivity index (χ0n) is 11.6. The minimum absolute atomic E-state index is 0.0602. The van der Waals surface area contributed by atoms with Crippen LogP contribution < -0.4 is 10.6 Å². The summed E-state index contributed by atoms with van der Waals surface area (Å²) < 4.78 is 5.07. The van der Waals surface area contributed by atoms with Crippen LogP contribution in [-0.4, -0.2) is 41.9 Å². The Hall–Kier alpha value is -1.40. The molecule has 0 amide bonds. The first-order valence-electron chi connectivity index (χ1n) is 6.67. The summed E-state index contributed by atoms with van der Waals surface area (Å²) in [4.78, 5) is 8.76. The molecule has 0 spiro atoms. The van der Waals surface area contributed by atoms with Crippen molar-refractivity contribution in [2.75, 3.05) is 37.4 Å². The van der Waals surface area contributed by atoms with Crippen molar-refractivity contribution in [3.63, 3.8) is 0 Å². The van der Waals surface area contributed by atoms with E-state index in [1.807, 2.05) is 13.0 Å². The number of aromatic nitrogens is 2. The highest BCUT2D eigenvalue weighted by Crippen LogP contribution is 2.44. The Morgan fingerprint density at radius 3 is 2.53 bits per heavy atom. The maximum atomic E-state index is 9.31. The van der Waals surface area contributed by atoms with E-state index in [0.29, 0.717) is 12.4 Å². The van der Waals surface area contributed by atoms with Crippen LogP contribution in [0.3, 0.4) is 0 Å². The van der Waals surface area contributed by atoms with Gasteiger partial charge in [-0.15, -0.1) is 0 Å².